The molecule has 0 saturated carbocycles. The first-order valence-electron chi connectivity index (χ1n) is 6.94. The predicted octanol–water partition coefficient (Wildman–Crippen LogP) is 0.407. The minimum atomic E-state index is -0.920. The standard InChI is InChI=1S/C14H24N4O5/c1-6-7-22-13(18-17-12(15)21)16-9(2)8-10(19)11(20)23-14(3,4)5/h6,9H,1,7-8H2,2-5H3,(H,16,18)(H3,15,17,21)/t9-/m0/s1. The monoisotopic (exact) mass is 328 g/mol. The molecule has 130 valence electrons. The summed E-state index contributed by atoms with van der Waals surface area (Å²) < 4.78 is 10.1. The van der Waals surface area contributed by atoms with E-state index < -0.39 is 29.4 Å². The Labute approximate surface area is 135 Å². The van der Waals surface area contributed by atoms with E-state index in [1.54, 1.807) is 27.7 Å². The van der Waals surface area contributed by atoms with Gasteiger partial charge < -0.3 is 15.2 Å². The Bertz CT molecular complexity index is 482. The number of rotatable bonds is 6. The van der Waals surface area contributed by atoms with E-state index in [4.69, 9.17) is 15.2 Å². The number of Topliss-reactive ketones (excluding diaryl/α,β-unsaturated/α-hetero) is 1. The maximum atomic E-state index is 11.8. The van der Waals surface area contributed by atoms with Crippen LogP contribution in [0.1, 0.15) is 34.1 Å². The highest BCUT2D eigenvalue weighted by molar-refractivity contribution is 6.33. The number of hydrogen-bond donors (Lipinski definition) is 3. The second-order valence-corrected chi connectivity index (χ2v) is 5.63. The van der Waals surface area contributed by atoms with Crippen LogP contribution >= 0.6 is 0 Å². The fourth-order valence-electron chi connectivity index (χ4n) is 1.29. The summed E-state index contributed by atoms with van der Waals surface area (Å²) >= 11 is 0. The zero-order valence-corrected chi connectivity index (χ0v) is 13.8. The number of esters is 1. The lowest BCUT2D eigenvalue weighted by atomic mass is 10.1. The highest BCUT2D eigenvalue weighted by Crippen LogP contribution is 2.09. The average Bonchev–Trinajstić information content (AvgIpc) is 2.39. The molecule has 0 rings (SSSR count). The van der Waals surface area contributed by atoms with Crippen molar-refractivity contribution in [2.45, 2.75) is 45.8 Å². The topological polar surface area (TPSA) is 132 Å². The molecule has 0 fully saturated rings. The van der Waals surface area contributed by atoms with Crippen LogP contribution in [-0.4, -0.2) is 42.1 Å². The number of ketones is 1. The van der Waals surface area contributed by atoms with Crippen molar-refractivity contribution in [3.05, 3.63) is 12.7 Å². The Balaban J connectivity index is 4.70. The van der Waals surface area contributed by atoms with Gasteiger partial charge in [-0.25, -0.2) is 25.4 Å². The van der Waals surface area contributed by atoms with Gasteiger partial charge in [0.25, 0.3) is 0 Å². The number of hydrazine groups is 1. The quantitative estimate of drug-likeness (QED) is 0.161. The molecule has 0 aromatic heterocycles. The Hall–Kier alpha value is -2.58. The molecule has 0 aromatic rings. The van der Waals surface area contributed by atoms with Gasteiger partial charge in [0, 0.05) is 6.42 Å². The third-order valence-electron chi connectivity index (χ3n) is 2.08. The lowest BCUT2D eigenvalue weighted by Crippen LogP contribution is -2.46. The van der Waals surface area contributed by atoms with Gasteiger partial charge in [0.2, 0.25) is 5.78 Å². The molecule has 1 atom stereocenters. The third kappa shape index (κ3) is 10.7. The van der Waals surface area contributed by atoms with E-state index in [9.17, 15) is 14.4 Å². The highest BCUT2D eigenvalue weighted by atomic mass is 16.6. The van der Waals surface area contributed by atoms with Crippen molar-refractivity contribution < 1.29 is 23.9 Å². The summed E-state index contributed by atoms with van der Waals surface area (Å²) in [5.41, 5.74) is 8.62. The molecule has 0 aliphatic heterocycles. The molecule has 0 saturated heterocycles. The first kappa shape index (κ1) is 20.4. The van der Waals surface area contributed by atoms with Crippen LogP contribution in [0.2, 0.25) is 0 Å². The molecule has 2 amide bonds. The minimum absolute atomic E-state index is 0.0619. The molecular weight excluding hydrogens is 304 g/mol. The summed E-state index contributed by atoms with van der Waals surface area (Å²) in [6.07, 6.45) is 1.30. The van der Waals surface area contributed by atoms with Crippen molar-refractivity contribution in [2.75, 3.05) is 6.61 Å². The van der Waals surface area contributed by atoms with Gasteiger partial charge in [-0.2, -0.15) is 0 Å². The van der Waals surface area contributed by atoms with Gasteiger partial charge >= 0.3 is 18.0 Å². The maximum absolute atomic E-state index is 11.8. The van der Waals surface area contributed by atoms with Crippen LogP contribution in [0.15, 0.2) is 17.6 Å². The number of carbonyl (C=O) groups is 3. The van der Waals surface area contributed by atoms with Gasteiger partial charge in [-0.05, 0) is 27.7 Å². The number of amidine groups is 1. The first-order chi connectivity index (χ1) is 10.5. The van der Waals surface area contributed by atoms with Gasteiger partial charge in [-0.1, -0.05) is 12.7 Å². The molecule has 0 aromatic carbocycles. The molecule has 9 nitrogen and oxygen atoms in total. The van der Waals surface area contributed by atoms with Gasteiger partial charge in [0.1, 0.15) is 12.2 Å². The van der Waals surface area contributed by atoms with Gasteiger partial charge in [-0.3, -0.25) is 4.79 Å². The Kier molecular flexibility index (Phi) is 8.38. The van der Waals surface area contributed by atoms with Crippen LogP contribution in [0.4, 0.5) is 4.79 Å². The molecule has 0 spiro atoms. The van der Waals surface area contributed by atoms with E-state index in [0.717, 1.165) is 0 Å². The van der Waals surface area contributed by atoms with Crippen molar-refractivity contribution in [3.8, 4) is 0 Å². The summed E-state index contributed by atoms with van der Waals surface area (Å²) in [7, 11) is 0. The first-order valence-corrected chi connectivity index (χ1v) is 6.94. The van der Waals surface area contributed by atoms with E-state index in [0.29, 0.717) is 0 Å². The van der Waals surface area contributed by atoms with Gasteiger partial charge in [0.15, 0.2) is 0 Å². The number of ether oxygens (including phenoxy) is 2. The van der Waals surface area contributed by atoms with Crippen LogP contribution in [-0.2, 0) is 19.1 Å². The Morgan fingerprint density at radius 1 is 1.30 bits per heavy atom. The molecule has 4 N–H and O–H groups in total. The molecule has 0 radical (unpaired) electrons. The molecule has 0 aliphatic carbocycles. The molecular formula is C14H24N4O5. The van der Waals surface area contributed by atoms with Gasteiger partial charge in [-0.15, -0.1) is 0 Å². The molecule has 23 heavy (non-hydrogen) atoms. The smallest absolute Gasteiger partial charge is 0.375 e. The fourth-order valence-corrected chi connectivity index (χ4v) is 1.29. The van der Waals surface area contributed by atoms with Crippen molar-refractivity contribution in [1.29, 1.82) is 0 Å². The van der Waals surface area contributed by atoms with Crippen LogP contribution in [0, 0.1) is 0 Å². The summed E-state index contributed by atoms with van der Waals surface area (Å²) in [6.45, 7) is 10.2. The minimum Gasteiger partial charge on any atom is -0.460 e. The summed E-state index contributed by atoms with van der Waals surface area (Å²) in [4.78, 5) is 38.1. The number of urea groups is 1. The van der Waals surface area contributed by atoms with Crippen LogP contribution < -0.4 is 16.6 Å². The van der Waals surface area contributed by atoms with Crippen LogP contribution in [0.5, 0.6) is 0 Å². The number of nitrogens with two attached hydrogens (primary N) is 1. The number of nitrogens with zero attached hydrogens (tertiary/aromatic N) is 1. The molecule has 0 unspecified atom stereocenters. The molecule has 0 bridgehead atoms. The lowest BCUT2D eigenvalue weighted by Gasteiger charge is -2.19. The zero-order chi connectivity index (χ0) is 18.0. The summed E-state index contributed by atoms with van der Waals surface area (Å²) in [5, 5.41) is 0. The Morgan fingerprint density at radius 2 is 1.91 bits per heavy atom. The second kappa shape index (κ2) is 9.44. The molecule has 0 heterocycles. The van der Waals surface area contributed by atoms with Crippen molar-refractivity contribution in [1.82, 2.24) is 10.9 Å². The van der Waals surface area contributed by atoms with Gasteiger partial charge in [0.05, 0.1) is 6.04 Å². The van der Waals surface area contributed by atoms with Crippen LogP contribution in [0.3, 0.4) is 0 Å². The molecule has 0 aliphatic rings. The number of primary amides is 1. The average molecular weight is 328 g/mol. The predicted molar refractivity (Wildman–Crippen MR) is 84.4 cm³/mol. The van der Waals surface area contributed by atoms with Crippen molar-refractivity contribution >= 4 is 23.8 Å². The molecule has 9 heteroatoms. The third-order valence-corrected chi connectivity index (χ3v) is 2.08. The number of carbonyl (C=O) groups excluding carboxylic acids is 3. The normalized spacial score (nSPS) is 12.8. The maximum Gasteiger partial charge on any atom is 0.375 e. The van der Waals surface area contributed by atoms with E-state index in [1.165, 1.54) is 6.08 Å². The SMILES string of the molecule is C=CCOC(=N[C@@H](C)CC(=O)C(=O)OC(C)(C)C)NNC(N)=O. The van der Waals surface area contributed by atoms with E-state index >= 15 is 0 Å². The second-order valence-electron chi connectivity index (χ2n) is 5.63. The highest BCUT2D eigenvalue weighted by Gasteiger charge is 2.24. The number of amides is 2. The summed E-state index contributed by atoms with van der Waals surface area (Å²) in [5.74, 6) is -1.63. The van der Waals surface area contributed by atoms with Crippen LogP contribution in [0.25, 0.3) is 0 Å². The zero-order valence-electron chi connectivity index (χ0n) is 13.8. The summed E-state index contributed by atoms with van der Waals surface area (Å²) in [6, 6.07) is -1.48. The number of nitrogens with one attached hydrogen (secondary N) is 2. The van der Waals surface area contributed by atoms with E-state index in [2.05, 4.69) is 22.4 Å². The number of hydrogen-bond acceptors (Lipinski definition) is 6. The number of aliphatic imine (C=N–C) groups is 1. The van der Waals surface area contributed by atoms with E-state index in [1.807, 2.05) is 0 Å². The fraction of sp³-hybridized carbons (Fsp3) is 0.571. The van der Waals surface area contributed by atoms with E-state index in [-0.39, 0.29) is 19.0 Å². The van der Waals surface area contributed by atoms with Crippen molar-refractivity contribution in [2.24, 2.45) is 10.7 Å². The Morgan fingerprint density at radius 3 is 2.39 bits per heavy atom. The van der Waals surface area contributed by atoms with Crippen molar-refractivity contribution in [3.63, 3.8) is 0 Å². The lowest BCUT2D eigenvalue weighted by molar-refractivity contribution is -0.162. The largest absolute Gasteiger partial charge is 0.460 e.